The average Bonchev–Trinajstić information content (AvgIpc) is 3.29. The van der Waals surface area contributed by atoms with Crippen LogP contribution in [0.25, 0.3) is 11.5 Å². The van der Waals surface area contributed by atoms with Crippen molar-refractivity contribution in [3.63, 3.8) is 0 Å². The molecule has 4 rings (SSSR count). The van der Waals surface area contributed by atoms with Crippen LogP contribution in [0.15, 0.2) is 51.8 Å². The molecular formula is C22H25N3O5S. The van der Waals surface area contributed by atoms with E-state index in [0.717, 1.165) is 24.0 Å². The first kappa shape index (κ1) is 21.3. The van der Waals surface area contributed by atoms with Crippen molar-refractivity contribution >= 4 is 10.0 Å². The Bertz CT molecular complexity index is 1180. The van der Waals surface area contributed by atoms with Gasteiger partial charge in [0.05, 0.1) is 25.0 Å². The monoisotopic (exact) mass is 443 g/mol. The second kappa shape index (κ2) is 8.68. The van der Waals surface area contributed by atoms with Crippen molar-refractivity contribution in [2.75, 3.05) is 27.3 Å². The number of piperidine rings is 1. The number of nitrogens with zero attached hydrogens (tertiary/aromatic N) is 3. The fraction of sp³-hybridized carbons (Fsp3) is 0.364. The van der Waals surface area contributed by atoms with Gasteiger partial charge in [0.15, 0.2) is 0 Å². The lowest BCUT2D eigenvalue weighted by atomic mass is 10.00. The molecule has 1 aliphatic heterocycles. The summed E-state index contributed by atoms with van der Waals surface area (Å²) in [5.41, 5.74) is 1.53. The van der Waals surface area contributed by atoms with Crippen LogP contribution in [0.5, 0.6) is 11.5 Å². The Kier molecular flexibility index (Phi) is 5.97. The Morgan fingerprint density at radius 2 is 1.94 bits per heavy atom. The molecule has 9 heteroatoms. The van der Waals surface area contributed by atoms with Gasteiger partial charge in [-0.25, -0.2) is 8.42 Å². The van der Waals surface area contributed by atoms with Crippen LogP contribution in [-0.2, 0) is 10.0 Å². The molecule has 1 fully saturated rings. The molecule has 1 saturated heterocycles. The Hall–Kier alpha value is -2.91. The summed E-state index contributed by atoms with van der Waals surface area (Å²) in [6, 6.07) is 12.3. The number of hydrogen-bond donors (Lipinski definition) is 0. The van der Waals surface area contributed by atoms with Gasteiger partial charge in [-0.15, -0.1) is 10.2 Å². The molecule has 1 aromatic heterocycles. The van der Waals surface area contributed by atoms with E-state index in [0.29, 0.717) is 36.4 Å². The highest BCUT2D eigenvalue weighted by atomic mass is 32.2. The molecule has 0 saturated carbocycles. The molecule has 2 aromatic carbocycles. The number of methoxy groups -OCH3 is 2. The fourth-order valence-electron chi connectivity index (χ4n) is 3.80. The SMILES string of the molecule is COc1cccc(-c2nnc(C3CCCN(S(=O)(=O)c4ccc(OC)c(C)c4)C3)o2)c1. The van der Waals surface area contributed by atoms with Crippen LogP contribution < -0.4 is 9.47 Å². The molecule has 0 amide bonds. The van der Waals surface area contributed by atoms with Gasteiger partial charge in [0.1, 0.15) is 11.5 Å². The molecule has 0 aliphatic carbocycles. The summed E-state index contributed by atoms with van der Waals surface area (Å²) in [7, 11) is -0.471. The summed E-state index contributed by atoms with van der Waals surface area (Å²) >= 11 is 0. The van der Waals surface area contributed by atoms with Gasteiger partial charge in [-0.1, -0.05) is 6.07 Å². The standard InChI is InChI=1S/C22H25N3O5S/c1-15-12-19(9-10-20(15)29-3)31(26,27)25-11-5-7-17(14-25)22-24-23-21(30-22)16-6-4-8-18(13-16)28-2/h4,6,8-10,12-13,17H,5,7,11,14H2,1-3H3. The van der Waals surface area contributed by atoms with E-state index in [1.54, 1.807) is 32.4 Å². The van der Waals surface area contributed by atoms with Gasteiger partial charge in [-0.3, -0.25) is 0 Å². The van der Waals surface area contributed by atoms with Gasteiger partial charge < -0.3 is 13.9 Å². The second-order valence-corrected chi connectivity index (χ2v) is 9.45. The number of sulfonamides is 1. The van der Waals surface area contributed by atoms with E-state index < -0.39 is 10.0 Å². The molecular weight excluding hydrogens is 418 g/mol. The minimum absolute atomic E-state index is 0.158. The maximum atomic E-state index is 13.2. The van der Waals surface area contributed by atoms with Gasteiger partial charge in [-0.05, 0) is 61.7 Å². The minimum Gasteiger partial charge on any atom is -0.497 e. The number of aromatic nitrogens is 2. The van der Waals surface area contributed by atoms with Crippen molar-refractivity contribution in [3.05, 3.63) is 53.9 Å². The van der Waals surface area contributed by atoms with E-state index in [4.69, 9.17) is 13.9 Å². The number of ether oxygens (including phenoxy) is 2. The minimum atomic E-state index is -3.63. The molecule has 0 bridgehead atoms. The van der Waals surface area contributed by atoms with Gasteiger partial charge in [0.2, 0.25) is 21.8 Å². The number of rotatable bonds is 6. The Balaban J connectivity index is 1.55. The maximum Gasteiger partial charge on any atom is 0.247 e. The van der Waals surface area contributed by atoms with Crippen molar-refractivity contribution in [2.45, 2.75) is 30.6 Å². The van der Waals surface area contributed by atoms with Crippen LogP contribution in [0, 0.1) is 6.92 Å². The summed E-state index contributed by atoms with van der Waals surface area (Å²) in [5, 5.41) is 8.36. The molecule has 1 aliphatic rings. The predicted octanol–water partition coefficient (Wildman–Crippen LogP) is 3.63. The topological polar surface area (TPSA) is 94.8 Å². The first-order valence-electron chi connectivity index (χ1n) is 10.0. The highest BCUT2D eigenvalue weighted by molar-refractivity contribution is 7.89. The zero-order chi connectivity index (χ0) is 22.0. The average molecular weight is 444 g/mol. The second-order valence-electron chi connectivity index (χ2n) is 7.51. The third-order valence-corrected chi connectivity index (χ3v) is 7.36. The van der Waals surface area contributed by atoms with Crippen LogP contribution in [0.3, 0.4) is 0 Å². The van der Waals surface area contributed by atoms with E-state index in [-0.39, 0.29) is 10.8 Å². The molecule has 3 aromatic rings. The van der Waals surface area contributed by atoms with Crippen molar-refractivity contribution in [3.8, 4) is 23.0 Å². The van der Waals surface area contributed by atoms with Gasteiger partial charge in [0.25, 0.3) is 0 Å². The Morgan fingerprint density at radius 3 is 2.68 bits per heavy atom. The lowest BCUT2D eigenvalue weighted by molar-refractivity contribution is 0.286. The van der Waals surface area contributed by atoms with Crippen LogP contribution in [0.2, 0.25) is 0 Å². The lowest BCUT2D eigenvalue weighted by Gasteiger charge is -2.30. The van der Waals surface area contributed by atoms with E-state index in [2.05, 4.69) is 10.2 Å². The van der Waals surface area contributed by atoms with Crippen molar-refractivity contribution in [1.29, 1.82) is 0 Å². The quantitative estimate of drug-likeness (QED) is 0.574. The van der Waals surface area contributed by atoms with Gasteiger partial charge in [0, 0.05) is 18.7 Å². The van der Waals surface area contributed by atoms with Crippen LogP contribution in [-0.4, -0.2) is 50.2 Å². The van der Waals surface area contributed by atoms with Gasteiger partial charge >= 0.3 is 0 Å². The first-order chi connectivity index (χ1) is 14.9. The third kappa shape index (κ3) is 4.28. The number of aryl methyl sites for hydroxylation is 1. The zero-order valence-corrected chi connectivity index (χ0v) is 18.6. The van der Waals surface area contributed by atoms with E-state index in [9.17, 15) is 8.42 Å². The molecule has 0 spiro atoms. The molecule has 0 radical (unpaired) electrons. The molecule has 1 atom stereocenters. The van der Waals surface area contributed by atoms with Crippen molar-refractivity contribution < 1.29 is 22.3 Å². The van der Waals surface area contributed by atoms with Crippen LogP contribution in [0.4, 0.5) is 0 Å². The Labute approximate surface area is 181 Å². The summed E-state index contributed by atoms with van der Waals surface area (Å²) < 4.78 is 44.3. The molecule has 164 valence electrons. The van der Waals surface area contributed by atoms with E-state index >= 15 is 0 Å². The fourth-order valence-corrected chi connectivity index (χ4v) is 5.40. The largest absolute Gasteiger partial charge is 0.497 e. The van der Waals surface area contributed by atoms with E-state index in [1.807, 2.05) is 31.2 Å². The van der Waals surface area contributed by atoms with Crippen molar-refractivity contribution in [2.24, 2.45) is 0 Å². The summed E-state index contributed by atoms with van der Waals surface area (Å²) in [6.45, 7) is 2.59. The molecule has 1 unspecified atom stereocenters. The lowest BCUT2D eigenvalue weighted by Crippen LogP contribution is -2.39. The Morgan fingerprint density at radius 1 is 1.10 bits per heavy atom. The highest BCUT2D eigenvalue weighted by Gasteiger charge is 2.33. The molecule has 0 N–H and O–H groups in total. The van der Waals surface area contributed by atoms with Crippen LogP contribution in [0.1, 0.15) is 30.2 Å². The molecule has 8 nitrogen and oxygen atoms in total. The maximum absolute atomic E-state index is 13.2. The third-order valence-electron chi connectivity index (χ3n) is 5.49. The smallest absolute Gasteiger partial charge is 0.247 e. The number of benzene rings is 2. The van der Waals surface area contributed by atoms with Crippen LogP contribution >= 0.6 is 0 Å². The summed E-state index contributed by atoms with van der Waals surface area (Å²) in [4.78, 5) is 0.258. The first-order valence-corrected chi connectivity index (χ1v) is 11.5. The summed E-state index contributed by atoms with van der Waals surface area (Å²) in [5.74, 6) is 2.03. The van der Waals surface area contributed by atoms with E-state index in [1.165, 1.54) is 4.31 Å². The highest BCUT2D eigenvalue weighted by Crippen LogP contribution is 2.32. The van der Waals surface area contributed by atoms with Gasteiger partial charge in [-0.2, -0.15) is 4.31 Å². The number of hydrogen-bond acceptors (Lipinski definition) is 7. The summed E-state index contributed by atoms with van der Waals surface area (Å²) in [6.07, 6.45) is 1.50. The van der Waals surface area contributed by atoms with Crippen molar-refractivity contribution in [1.82, 2.24) is 14.5 Å². The predicted molar refractivity (Wildman–Crippen MR) is 115 cm³/mol. The molecule has 2 heterocycles. The molecule has 31 heavy (non-hydrogen) atoms. The zero-order valence-electron chi connectivity index (χ0n) is 17.7. The normalized spacial score (nSPS) is 17.5.